The molecule has 0 saturated heterocycles. The van der Waals surface area contributed by atoms with Gasteiger partial charge in [0.2, 0.25) is 0 Å². The zero-order valence-corrected chi connectivity index (χ0v) is 47.4. The summed E-state index contributed by atoms with van der Waals surface area (Å²) in [6, 6.07) is 71.3. The van der Waals surface area contributed by atoms with Crippen LogP contribution >= 0.6 is 0 Å². The standard InChI is InChI=1S/C71H58N2.3C2H6/c1-73-71(72)64-35-19-16-30-57(64)58-40-38-50(45-66(58)71)67(48-25-10-4-11-26-48)49-37-39-56-55-29-14-15-31-59(55)68(62(56)44-49)61-33-20-36-65-69(61)60-32-17-18-34-63(60)70(65,53-27-12-5-13-28-53)54-42-51(46-21-6-2-7-22-46)41-52(43-54)47-23-8-3-9-24-47;3*1-2/h2-10,12-13,16,19-25,27-45,67-68,73H,11,14-15,17-18,26,72H2,1H3;3*1-2H3. The first kappa shape index (κ1) is 53.1. The molecule has 14 rings (SSSR count). The minimum absolute atomic E-state index is 0.0649. The number of allylic oxidation sites excluding steroid dienone is 12. The van der Waals surface area contributed by atoms with Crippen LogP contribution in [-0.2, 0) is 11.1 Å². The normalized spacial score (nSPS) is 19.9. The molecule has 4 unspecified atom stereocenters. The van der Waals surface area contributed by atoms with E-state index in [1.54, 1.807) is 0 Å². The van der Waals surface area contributed by atoms with Crippen molar-refractivity contribution in [1.82, 2.24) is 5.32 Å². The fourth-order valence-electron chi connectivity index (χ4n) is 14.0. The quantitative estimate of drug-likeness (QED) is 0.141. The molecule has 2 nitrogen and oxygen atoms in total. The van der Waals surface area contributed by atoms with E-state index in [1.165, 1.54) is 111 Å². The molecule has 394 valence electrons. The predicted molar refractivity (Wildman–Crippen MR) is 337 cm³/mol. The molecule has 6 aliphatic carbocycles. The van der Waals surface area contributed by atoms with Crippen molar-refractivity contribution in [3.63, 3.8) is 0 Å². The Hall–Kier alpha value is -7.88. The van der Waals surface area contributed by atoms with E-state index >= 15 is 0 Å². The largest absolute Gasteiger partial charge is 0.306 e. The van der Waals surface area contributed by atoms with Crippen molar-refractivity contribution in [2.75, 3.05) is 7.05 Å². The summed E-state index contributed by atoms with van der Waals surface area (Å²) in [5.41, 5.74) is 34.9. The summed E-state index contributed by atoms with van der Waals surface area (Å²) in [4.78, 5) is 0. The van der Waals surface area contributed by atoms with Crippen molar-refractivity contribution in [3.05, 3.63) is 309 Å². The third-order valence-electron chi connectivity index (χ3n) is 17.2. The van der Waals surface area contributed by atoms with Crippen LogP contribution < -0.4 is 11.1 Å². The van der Waals surface area contributed by atoms with E-state index in [2.05, 4.69) is 236 Å². The summed E-state index contributed by atoms with van der Waals surface area (Å²) in [6.07, 6.45) is 23.4. The van der Waals surface area contributed by atoms with Crippen molar-refractivity contribution >= 4 is 11.1 Å². The molecule has 6 aliphatic rings. The summed E-state index contributed by atoms with van der Waals surface area (Å²) in [5.74, 6) is 0.133. The molecule has 0 heterocycles. The van der Waals surface area contributed by atoms with Gasteiger partial charge in [0.1, 0.15) is 5.66 Å². The first-order valence-electron chi connectivity index (χ1n) is 29.5. The van der Waals surface area contributed by atoms with Gasteiger partial charge < -0.3 is 5.73 Å². The van der Waals surface area contributed by atoms with Crippen molar-refractivity contribution in [2.45, 2.75) is 103 Å². The molecule has 0 aromatic heterocycles. The molecular formula is C77H76N2. The number of benzene rings is 8. The molecule has 0 saturated carbocycles. The van der Waals surface area contributed by atoms with Crippen molar-refractivity contribution in [2.24, 2.45) is 5.73 Å². The predicted octanol–water partition coefficient (Wildman–Crippen LogP) is 19.6. The van der Waals surface area contributed by atoms with Gasteiger partial charge in [-0.1, -0.05) is 260 Å². The third-order valence-corrected chi connectivity index (χ3v) is 17.2. The fourth-order valence-corrected chi connectivity index (χ4v) is 14.0. The fraction of sp³-hybridized carbons (Fsp3) is 0.221. The maximum absolute atomic E-state index is 7.39. The minimum Gasteiger partial charge on any atom is -0.306 e. The van der Waals surface area contributed by atoms with Crippen LogP contribution in [0.5, 0.6) is 0 Å². The van der Waals surface area contributed by atoms with Crippen LogP contribution in [0.25, 0.3) is 44.5 Å². The number of nitrogens with two attached hydrogens (primary N) is 1. The highest BCUT2D eigenvalue weighted by atomic mass is 15.1. The molecule has 8 aromatic rings. The highest BCUT2D eigenvalue weighted by Crippen LogP contribution is 2.63. The van der Waals surface area contributed by atoms with Crippen molar-refractivity contribution in [1.29, 1.82) is 0 Å². The van der Waals surface area contributed by atoms with Crippen LogP contribution in [0.3, 0.4) is 0 Å². The number of nitrogens with one attached hydrogen (secondary N) is 1. The topological polar surface area (TPSA) is 38.0 Å². The lowest BCUT2D eigenvalue weighted by Crippen LogP contribution is -2.48. The maximum atomic E-state index is 7.39. The molecule has 4 atom stereocenters. The summed E-state index contributed by atoms with van der Waals surface area (Å²) < 4.78 is 0. The SMILES string of the molecule is CC.CC.CC.CNC1(N)c2ccccc2-c2ccc(C(C3=CC=CCC3)c3ccc4c(c3)C(c3cccc5c3C3=CCCC=C3C5(c3ccccc3)c3cc(-c5ccccc5)cc(-c5ccccc5)c3)C3=CCCC=C34)cc21. The second kappa shape index (κ2) is 22.8. The van der Waals surface area contributed by atoms with Crippen LogP contribution in [0.15, 0.2) is 247 Å². The first-order valence-corrected chi connectivity index (χ1v) is 29.5. The van der Waals surface area contributed by atoms with Crippen LogP contribution in [0.1, 0.15) is 153 Å². The maximum Gasteiger partial charge on any atom is 0.120 e. The number of rotatable bonds is 9. The Balaban J connectivity index is 0.00000107. The van der Waals surface area contributed by atoms with E-state index in [0.717, 1.165) is 49.7 Å². The van der Waals surface area contributed by atoms with Crippen LogP contribution in [-0.4, -0.2) is 7.05 Å². The number of hydrogen-bond acceptors (Lipinski definition) is 2. The monoisotopic (exact) mass is 1030 g/mol. The van der Waals surface area contributed by atoms with Gasteiger partial charge in [-0.25, -0.2) is 0 Å². The van der Waals surface area contributed by atoms with E-state index in [4.69, 9.17) is 5.73 Å². The van der Waals surface area contributed by atoms with Gasteiger partial charge in [-0.15, -0.1) is 0 Å². The zero-order valence-electron chi connectivity index (χ0n) is 47.4. The van der Waals surface area contributed by atoms with Gasteiger partial charge in [0.15, 0.2) is 0 Å². The smallest absolute Gasteiger partial charge is 0.120 e. The van der Waals surface area contributed by atoms with Crippen LogP contribution in [0.2, 0.25) is 0 Å². The second-order valence-corrected chi connectivity index (χ2v) is 20.9. The lowest BCUT2D eigenvalue weighted by Gasteiger charge is -2.36. The van der Waals surface area contributed by atoms with Crippen molar-refractivity contribution < 1.29 is 0 Å². The minimum atomic E-state index is -0.777. The summed E-state index contributed by atoms with van der Waals surface area (Å²) >= 11 is 0. The molecule has 2 heteroatoms. The molecule has 0 radical (unpaired) electrons. The van der Waals surface area contributed by atoms with E-state index in [-0.39, 0.29) is 11.8 Å². The second-order valence-electron chi connectivity index (χ2n) is 20.9. The molecule has 8 aromatic carbocycles. The lowest BCUT2D eigenvalue weighted by molar-refractivity contribution is 0.469. The molecule has 0 fully saturated rings. The average molecular weight is 1030 g/mol. The Morgan fingerprint density at radius 1 is 0.468 bits per heavy atom. The van der Waals surface area contributed by atoms with E-state index in [9.17, 15) is 0 Å². The van der Waals surface area contributed by atoms with Gasteiger partial charge in [-0.3, -0.25) is 5.32 Å². The Bertz CT molecular complexity index is 3670. The van der Waals surface area contributed by atoms with E-state index in [1.807, 2.05) is 48.6 Å². The van der Waals surface area contributed by atoms with E-state index in [0.29, 0.717) is 0 Å². The third kappa shape index (κ3) is 8.82. The van der Waals surface area contributed by atoms with E-state index < -0.39 is 11.1 Å². The van der Waals surface area contributed by atoms with Crippen LogP contribution in [0, 0.1) is 0 Å². The van der Waals surface area contributed by atoms with Gasteiger partial charge in [0.25, 0.3) is 0 Å². The molecule has 0 amide bonds. The Morgan fingerprint density at radius 2 is 1.05 bits per heavy atom. The number of fused-ring (bicyclic) bond motifs is 9. The Labute approximate surface area is 471 Å². The molecule has 79 heavy (non-hydrogen) atoms. The van der Waals surface area contributed by atoms with Crippen molar-refractivity contribution in [3.8, 4) is 33.4 Å². The van der Waals surface area contributed by atoms with Gasteiger partial charge in [0.05, 0.1) is 5.41 Å². The van der Waals surface area contributed by atoms with Gasteiger partial charge >= 0.3 is 0 Å². The molecule has 0 bridgehead atoms. The number of hydrogen-bond donors (Lipinski definition) is 2. The summed E-state index contributed by atoms with van der Waals surface area (Å²) in [7, 11) is 1.99. The Kier molecular flexibility index (Phi) is 15.4. The van der Waals surface area contributed by atoms with Crippen LogP contribution in [0.4, 0.5) is 0 Å². The zero-order chi connectivity index (χ0) is 54.7. The highest BCUT2D eigenvalue weighted by Gasteiger charge is 2.51. The highest BCUT2D eigenvalue weighted by molar-refractivity contribution is 5.99. The van der Waals surface area contributed by atoms with Gasteiger partial charge in [-0.2, -0.15) is 0 Å². The molecular weight excluding hydrogens is 953 g/mol. The summed E-state index contributed by atoms with van der Waals surface area (Å²) in [6.45, 7) is 12.0. The van der Waals surface area contributed by atoms with Gasteiger partial charge in [0, 0.05) is 11.8 Å². The molecule has 0 aliphatic heterocycles. The molecule has 0 spiro atoms. The summed E-state index contributed by atoms with van der Waals surface area (Å²) in [5, 5.41) is 3.54. The average Bonchev–Trinajstić information content (AvgIpc) is 3.85. The molecule has 3 N–H and O–H groups in total. The Morgan fingerprint density at radius 3 is 1.72 bits per heavy atom. The van der Waals surface area contributed by atoms with Gasteiger partial charge in [-0.05, 0) is 181 Å². The lowest BCUT2D eigenvalue weighted by atomic mass is 9.66. The first-order chi connectivity index (χ1) is 39.0.